The number of carbonyl (C=O) groups excluding carboxylic acids is 1. The number of pyridine rings is 1. The van der Waals surface area contributed by atoms with E-state index in [-0.39, 0.29) is 22.5 Å². The van der Waals surface area contributed by atoms with Gasteiger partial charge in [-0.2, -0.15) is 0 Å². The molecule has 4 aromatic rings. The van der Waals surface area contributed by atoms with E-state index < -0.39 is 19.0 Å². The molecule has 0 atom stereocenters. The van der Waals surface area contributed by atoms with Gasteiger partial charge >= 0.3 is 16.8 Å². The quantitative estimate of drug-likeness (QED) is 0.161. The summed E-state index contributed by atoms with van der Waals surface area (Å²) in [6.45, 7) is 12.8. The normalized spacial score (nSPS) is 10.5. The molecule has 4 heterocycles. The molecular formula is C24H31CoN8O5P. The Balaban J connectivity index is 0.000000451. The number of H-pyrrole nitrogens is 3. The second-order valence-electron chi connectivity index (χ2n) is 8.96. The van der Waals surface area contributed by atoms with E-state index in [1.807, 2.05) is 18.6 Å². The number of nitrogens with zero attached hydrogens (tertiary/aromatic N) is 5. The molecule has 0 aliphatic heterocycles. The smallest absolute Gasteiger partial charge is 0.543 e. The predicted octanol–water partition coefficient (Wildman–Crippen LogP) is 2.19. The van der Waals surface area contributed by atoms with Crippen LogP contribution in [0.4, 0.5) is 0 Å². The molecule has 1 radical (unpaired) electrons. The number of carboxylic acids is 1. The summed E-state index contributed by atoms with van der Waals surface area (Å²) in [5.41, 5.74) is 3.02. The summed E-state index contributed by atoms with van der Waals surface area (Å²) in [6, 6.07) is 4.62. The van der Waals surface area contributed by atoms with Crippen molar-refractivity contribution < 1.29 is 31.8 Å². The Labute approximate surface area is 237 Å². The third kappa shape index (κ3) is 10.2. The average molecular weight is 601 g/mol. The topological polar surface area (TPSA) is 205 Å². The molecule has 0 aromatic carbocycles. The van der Waals surface area contributed by atoms with Crippen molar-refractivity contribution in [2.75, 3.05) is 0 Å². The van der Waals surface area contributed by atoms with Crippen LogP contribution in [0.25, 0.3) is 0 Å². The van der Waals surface area contributed by atoms with Gasteiger partial charge in [0.2, 0.25) is 0 Å². The van der Waals surface area contributed by atoms with Gasteiger partial charge in [0, 0.05) is 42.5 Å². The van der Waals surface area contributed by atoms with Crippen molar-refractivity contribution in [2.24, 2.45) is 0 Å². The number of rotatable bonds is 7. The monoisotopic (exact) mass is 601 g/mol. The van der Waals surface area contributed by atoms with Gasteiger partial charge in [0.1, 0.15) is 17.5 Å². The second-order valence-corrected chi connectivity index (χ2v) is 11.0. The van der Waals surface area contributed by atoms with E-state index in [1.165, 1.54) is 12.3 Å². The summed E-state index contributed by atoms with van der Waals surface area (Å²) in [5, 5.41) is 24.8. The molecule has 0 spiro atoms. The Bertz CT molecular complexity index is 1190. The molecule has 0 bridgehead atoms. The van der Waals surface area contributed by atoms with E-state index >= 15 is 0 Å². The Morgan fingerprint density at radius 2 is 1.15 bits per heavy atom. The van der Waals surface area contributed by atoms with Gasteiger partial charge in [-0.15, -0.1) is 0 Å². The van der Waals surface area contributed by atoms with Crippen LogP contribution in [0.15, 0.2) is 43.0 Å². The van der Waals surface area contributed by atoms with Crippen molar-refractivity contribution in [3.8, 4) is 0 Å². The van der Waals surface area contributed by atoms with Gasteiger partial charge in [-0.05, 0) is 12.1 Å². The third-order valence-electron chi connectivity index (χ3n) is 4.95. The first-order valence-corrected chi connectivity index (χ1v) is 13.1. The van der Waals surface area contributed by atoms with Crippen LogP contribution in [0.1, 0.15) is 87.3 Å². The summed E-state index contributed by atoms with van der Waals surface area (Å²) < 4.78 is 0. The van der Waals surface area contributed by atoms with Crippen molar-refractivity contribution >= 4 is 30.2 Å². The summed E-state index contributed by atoms with van der Waals surface area (Å²) in [4.78, 5) is 46.2. The summed E-state index contributed by atoms with van der Waals surface area (Å²) in [5.74, 6) is 2.85. The van der Waals surface area contributed by atoms with Crippen LogP contribution in [-0.2, 0) is 16.8 Å². The standard InChI is InChI=1S/C18H27N6P.C6H5NO2.Co.NO3/c1-10(2)16-19-7-13(22-16)25(14-8-20-17(23-14)11(3)4)15-9-21-18(24-15)12(5)6;8-6(9)5-3-1-2-4-7-5;;2-1(3)4/h7-12H,1-6H3,(H,19,22)(H,20,23)(H,21,24);1-4H,(H,8,9);;/q;;+2;-1/p-1. The number of carbonyl (C=O) groups is 1. The van der Waals surface area contributed by atoms with Crippen molar-refractivity contribution in [3.63, 3.8) is 0 Å². The average Bonchev–Trinajstić information content (AvgIpc) is 3.62. The zero-order valence-corrected chi connectivity index (χ0v) is 24.3. The summed E-state index contributed by atoms with van der Waals surface area (Å²) >= 11 is 0. The molecule has 0 aliphatic rings. The summed E-state index contributed by atoms with van der Waals surface area (Å²) in [6.07, 6.45) is 7.43. The molecule has 39 heavy (non-hydrogen) atoms. The number of nitrogens with one attached hydrogen (secondary N) is 3. The number of aromatic nitrogens is 7. The van der Waals surface area contributed by atoms with Gasteiger partial charge in [0.15, 0.2) is 0 Å². The van der Waals surface area contributed by atoms with Gasteiger partial charge in [-0.25, -0.2) is 15.0 Å². The molecule has 0 unspecified atom stereocenters. The minimum atomic E-state index is -1.75. The van der Waals surface area contributed by atoms with E-state index in [4.69, 9.17) is 30.3 Å². The Hall–Kier alpha value is -3.61. The molecule has 0 aliphatic carbocycles. The molecule has 3 N–H and O–H groups in total. The molecule has 0 saturated carbocycles. The van der Waals surface area contributed by atoms with Crippen molar-refractivity contribution in [1.29, 1.82) is 0 Å². The van der Waals surface area contributed by atoms with Crippen LogP contribution in [0, 0.1) is 15.3 Å². The van der Waals surface area contributed by atoms with Crippen LogP contribution in [0.3, 0.4) is 0 Å². The second kappa shape index (κ2) is 15.7. The van der Waals surface area contributed by atoms with E-state index in [0.717, 1.165) is 33.8 Å². The molecule has 4 rings (SSSR count). The van der Waals surface area contributed by atoms with Crippen molar-refractivity contribution in [3.05, 3.63) is 81.5 Å². The number of hydrogen-bond acceptors (Lipinski definition) is 9. The molecule has 4 aromatic heterocycles. The number of aromatic carboxylic acids is 1. The molecule has 13 nitrogen and oxygen atoms in total. The van der Waals surface area contributed by atoms with E-state index in [2.05, 4.69) is 61.5 Å². The van der Waals surface area contributed by atoms with Gasteiger partial charge in [0.25, 0.3) is 0 Å². The number of hydrogen-bond donors (Lipinski definition) is 3. The first kappa shape index (κ1) is 33.4. The molecule has 211 valence electrons. The van der Waals surface area contributed by atoms with Crippen LogP contribution in [0.2, 0.25) is 0 Å². The third-order valence-corrected chi connectivity index (χ3v) is 7.02. The fourth-order valence-electron chi connectivity index (χ4n) is 3.05. The minimum Gasteiger partial charge on any atom is -0.543 e. The number of aromatic amines is 3. The zero-order valence-electron chi connectivity index (χ0n) is 22.3. The van der Waals surface area contributed by atoms with Crippen LogP contribution >= 0.6 is 7.92 Å². The first-order chi connectivity index (χ1) is 17.9. The van der Waals surface area contributed by atoms with E-state index in [1.54, 1.807) is 12.1 Å². The van der Waals surface area contributed by atoms with Crippen molar-refractivity contribution in [2.45, 2.75) is 59.3 Å². The Kier molecular flexibility index (Phi) is 13.5. The predicted molar refractivity (Wildman–Crippen MR) is 143 cm³/mol. The van der Waals surface area contributed by atoms with E-state index in [9.17, 15) is 9.90 Å². The Morgan fingerprint density at radius 1 is 0.795 bits per heavy atom. The van der Waals surface area contributed by atoms with Gasteiger partial charge < -0.3 is 40.2 Å². The Morgan fingerprint density at radius 3 is 1.36 bits per heavy atom. The molecule has 15 heteroatoms. The number of carboxylic acid groups (broad SMARTS) is 1. The maximum absolute atomic E-state index is 10.0. The maximum Gasteiger partial charge on any atom is 2.00 e. The van der Waals surface area contributed by atoms with Crippen LogP contribution in [0.5, 0.6) is 0 Å². The van der Waals surface area contributed by atoms with Gasteiger partial charge in [-0.1, -0.05) is 47.6 Å². The fourth-order valence-corrected chi connectivity index (χ4v) is 4.95. The fraction of sp³-hybridized carbons (Fsp3) is 0.375. The summed E-state index contributed by atoms with van der Waals surface area (Å²) in [7, 11) is -0.885. The zero-order chi connectivity index (χ0) is 28.4. The number of imidazole rings is 3. The SMILES string of the molecule is CC(C)c1nc(P(c2c[nH]c(C(C)C)n2)c2c[nH]c(C(C)C)n2)c[nH]1.O=C([O-])c1ccccn1.O=[N+]([O-])[O-].[Co+2]. The van der Waals surface area contributed by atoms with E-state index in [0.29, 0.717) is 17.8 Å². The van der Waals surface area contributed by atoms with Crippen LogP contribution < -0.4 is 21.4 Å². The minimum absolute atomic E-state index is 0. The maximum atomic E-state index is 10.0. The van der Waals surface area contributed by atoms with Crippen LogP contribution in [-0.4, -0.2) is 45.9 Å². The van der Waals surface area contributed by atoms with Crippen molar-refractivity contribution in [1.82, 2.24) is 34.9 Å². The molecule has 0 saturated heterocycles. The molecule has 0 fully saturated rings. The van der Waals surface area contributed by atoms with Gasteiger partial charge in [0.05, 0.1) is 41.0 Å². The molecular weight excluding hydrogens is 570 g/mol. The molecule has 0 amide bonds. The van der Waals surface area contributed by atoms with Gasteiger partial charge in [-0.3, -0.25) is 4.98 Å². The largest absolute Gasteiger partial charge is 2.00 e. The first-order valence-electron chi connectivity index (χ1n) is 11.8.